The molecule has 0 amide bonds. The number of aryl methyl sites for hydroxylation is 1. The summed E-state index contributed by atoms with van der Waals surface area (Å²) in [7, 11) is 0. The molecule has 0 aliphatic carbocycles. The number of hydrogen-bond donors (Lipinski definition) is 2. The molecule has 0 fully saturated rings. The molecule has 1 atom stereocenters. The van der Waals surface area contributed by atoms with E-state index in [0.717, 1.165) is 26.7 Å². The van der Waals surface area contributed by atoms with E-state index >= 15 is 0 Å². The monoisotopic (exact) mass is 406 g/mol. The molecule has 0 bridgehead atoms. The number of nitrogens with zero attached hydrogens (tertiary/aromatic N) is 2. The third-order valence-corrected chi connectivity index (χ3v) is 4.32. The molecule has 102 valence electrons. The van der Waals surface area contributed by atoms with Crippen molar-refractivity contribution in [3.8, 4) is 0 Å². The summed E-state index contributed by atoms with van der Waals surface area (Å²) < 4.78 is 3.78. The smallest absolute Gasteiger partial charge is 0.0904 e. The molecule has 19 heavy (non-hydrogen) atoms. The number of nitrogens with two attached hydrogens (primary N) is 1. The summed E-state index contributed by atoms with van der Waals surface area (Å²) in [6.45, 7) is 2.74. The van der Waals surface area contributed by atoms with Crippen LogP contribution in [0.3, 0.4) is 0 Å². The lowest BCUT2D eigenvalue weighted by Crippen LogP contribution is -2.31. The molecule has 2 rings (SSSR count). The summed E-state index contributed by atoms with van der Waals surface area (Å²) in [6.07, 6.45) is 1.64. The van der Waals surface area contributed by atoms with Gasteiger partial charge >= 0.3 is 0 Å². The minimum absolute atomic E-state index is 0.225. The summed E-state index contributed by atoms with van der Waals surface area (Å²) in [4.78, 5) is 0. The van der Waals surface area contributed by atoms with Crippen LogP contribution in [0, 0.1) is 0 Å². The van der Waals surface area contributed by atoms with E-state index in [0.29, 0.717) is 5.02 Å². The van der Waals surface area contributed by atoms with E-state index in [4.69, 9.17) is 17.4 Å². The number of halogens is 3. The summed E-state index contributed by atoms with van der Waals surface area (Å²) in [5.74, 6) is 5.71. The van der Waals surface area contributed by atoms with Gasteiger partial charge in [0.2, 0.25) is 0 Å². The average Bonchev–Trinajstić information content (AvgIpc) is 2.74. The molecule has 7 heteroatoms. The maximum Gasteiger partial charge on any atom is 0.0904 e. The van der Waals surface area contributed by atoms with Gasteiger partial charge in [-0.15, -0.1) is 0 Å². The molecule has 3 N–H and O–H groups in total. The minimum atomic E-state index is -0.225. The first-order valence-corrected chi connectivity index (χ1v) is 7.67. The SMILES string of the molecule is CCn1ncc(Cl)c1C(NN)c1ccc(Br)cc1Br. The van der Waals surface area contributed by atoms with Gasteiger partial charge in [0.1, 0.15) is 0 Å². The van der Waals surface area contributed by atoms with Crippen molar-refractivity contribution in [3.63, 3.8) is 0 Å². The van der Waals surface area contributed by atoms with Crippen molar-refractivity contribution in [2.45, 2.75) is 19.5 Å². The molecular weight excluding hydrogens is 395 g/mol. The molecule has 1 aromatic carbocycles. The molecule has 0 spiro atoms. The second-order valence-electron chi connectivity index (χ2n) is 3.96. The molecule has 1 heterocycles. The maximum absolute atomic E-state index is 6.23. The van der Waals surface area contributed by atoms with Crippen LogP contribution in [0.4, 0.5) is 0 Å². The van der Waals surface area contributed by atoms with E-state index in [2.05, 4.69) is 42.4 Å². The summed E-state index contributed by atoms with van der Waals surface area (Å²) in [5.41, 5.74) is 4.66. The lowest BCUT2D eigenvalue weighted by Gasteiger charge is -2.19. The second kappa shape index (κ2) is 6.37. The van der Waals surface area contributed by atoms with Crippen molar-refractivity contribution in [2.75, 3.05) is 0 Å². The average molecular weight is 409 g/mol. The van der Waals surface area contributed by atoms with E-state index in [9.17, 15) is 0 Å². The molecule has 1 aromatic heterocycles. The first kappa shape index (κ1) is 15.0. The lowest BCUT2D eigenvalue weighted by atomic mass is 10.0. The standard InChI is InChI=1S/C12H13Br2ClN4/c1-2-19-12(10(15)6-17-19)11(18-16)8-4-3-7(13)5-9(8)14/h3-6,11,18H,2,16H2,1H3. The predicted octanol–water partition coefficient (Wildman–Crippen LogP) is 3.63. The number of hydrogen-bond acceptors (Lipinski definition) is 3. The lowest BCUT2D eigenvalue weighted by molar-refractivity contribution is 0.542. The highest BCUT2D eigenvalue weighted by atomic mass is 79.9. The van der Waals surface area contributed by atoms with Crippen molar-refractivity contribution in [1.29, 1.82) is 0 Å². The first-order valence-electron chi connectivity index (χ1n) is 5.70. The quantitative estimate of drug-likeness (QED) is 0.600. The van der Waals surface area contributed by atoms with Crippen LogP contribution < -0.4 is 11.3 Å². The zero-order chi connectivity index (χ0) is 14.0. The van der Waals surface area contributed by atoms with Crippen LogP contribution in [0.15, 0.2) is 33.3 Å². The van der Waals surface area contributed by atoms with Crippen LogP contribution in [0.2, 0.25) is 5.02 Å². The molecule has 0 aliphatic heterocycles. The Balaban J connectivity index is 2.52. The topological polar surface area (TPSA) is 55.9 Å². The van der Waals surface area contributed by atoms with Crippen LogP contribution in [0.5, 0.6) is 0 Å². The Bertz CT molecular complexity index is 585. The van der Waals surface area contributed by atoms with E-state index in [1.54, 1.807) is 6.20 Å². The third-order valence-electron chi connectivity index (χ3n) is 2.85. The van der Waals surface area contributed by atoms with E-state index in [1.807, 2.05) is 29.8 Å². The Morgan fingerprint density at radius 2 is 2.21 bits per heavy atom. The van der Waals surface area contributed by atoms with Crippen molar-refractivity contribution in [2.24, 2.45) is 5.84 Å². The zero-order valence-electron chi connectivity index (χ0n) is 10.2. The normalized spacial score (nSPS) is 12.7. The number of hydrazine groups is 1. The molecule has 4 nitrogen and oxygen atoms in total. The van der Waals surface area contributed by atoms with Crippen LogP contribution in [-0.2, 0) is 6.54 Å². The van der Waals surface area contributed by atoms with Gasteiger partial charge in [-0.25, -0.2) is 5.43 Å². The fourth-order valence-electron chi connectivity index (χ4n) is 1.96. The Morgan fingerprint density at radius 1 is 1.47 bits per heavy atom. The Kier molecular flexibility index (Phi) is 5.03. The number of benzene rings is 1. The Labute approximate surface area is 133 Å². The van der Waals surface area contributed by atoms with Gasteiger partial charge in [0.25, 0.3) is 0 Å². The molecule has 2 aromatic rings. The number of rotatable bonds is 4. The van der Waals surface area contributed by atoms with Gasteiger partial charge in [-0.3, -0.25) is 10.5 Å². The van der Waals surface area contributed by atoms with E-state index in [-0.39, 0.29) is 6.04 Å². The van der Waals surface area contributed by atoms with Crippen LogP contribution >= 0.6 is 43.5 Å². The van der Waals surface area contributed by atoms with Gasteiger partial charge in [0.05, 0.1) is 23.0 Å². The first-order chi connectivity index (χ1) is 9.08. The predicted molar refractivity (Wildman–Crippen MR) is 83.9 cm³/mol. The van der Waals surface area contributed by atoms with Gasteiger partial charge in [-0.2, -0.15) is 5.10 Å². The maximum atomic E-state index is 6.23. The molecule has 0 radical (unpaired) electrons. The number of nitrogens with one attached hydrogen (secondary N) is 1. The van der Waals surface area contributed by atoms with Crippen molar-refractivity contribution in [1.82, 2.24) is 15.2 Å². The Morgan fingerprint density at radius 3 is 2.79 bits per heavy atom. The Hall–Kier alpha value is -0.400. The molecular formula is C12H13Br2ClN4. The molecule has 1 unspecified atom stereocenters. The second-order valence-corrected chi connectivity index (χ2v) is 6.14. The molecule has 0 aliphatic rings. The fourth-order valence-corrected chi connectivity index (χ4v) is 3.49. The van der Waals surface area contributed by atoms with Gasteiger partial charge in [-0.05, 0) is 24.6 Å². The molecule has 0 saturated carbocycles. The highest BCUT2D eigenvalue weighted by Gasteiger charge is 2.22. The highest BCUT2D eigenvalue weighted by molar-refractivity contribution is 9.11. The van der Waals surface area contributed by atoms with E-state index in [1.165, 1.54) is 0 Å². The fraction of sp³-hybridized carbons (Fsp3) is 0.250. The van der Waals surface area contributed by atoms with Gasteiger partial charge in [-0.1, -0.05) is 49.5 Å². The van der Waals surface area contributed by atoms with Crippen LogP contribution in [0.25, 0.3) is 0 Å². The van der Waals surface area contributed by atoms with Crippen LogP contribution in [0.1, 0.15) is 24.2 Å². The summed E-state index contributed by atoms with van der Waals surface area (Å²) in [6, 6.07) is 5.70. The molecule has 0 saturated heterocycles. The van der Waals surface area contributed by atoms with Gasteiger partial charge in [0.15, 0.2) is 0 Å². The highest BCUT2D eigenvalue weighted by Crippen LogP contribution is 2.33. The van der Waals surface area contributed by atoms with Gasteiger partial charge < -0.3 is 0 Å². The van der Waals surface area contributed by atoms with Crippen molar-refractivity contribution < 1.29 is 0 Å². The minimum Gasteiger partial charge on any atom is -0.271 e. The largest absolute Gasteiger partial charge is 0.271 e. The zero-order valence-corrected chi connectivity index (χ0v) is 14.1. The third kappa shape index (κ3) is 3.03. The van der Waals surface area contributed by atoms with Crippen molar-refractivity contribution in [3.05, 3.63) is 49.6 Å². The summed E-state index contributed by atoms with van der Waals surface area (Å²) >= 11 is 13.2. The number of aromatic nitrogens is 2. The van der Waals surface area contributed by atoms with Crippen LogP contribution in [-0.4, -0.2) is 9.78 Å². The van der Waals surface area contributed by atoms with E-state index < -0.39 is 0 Å². The van der Waals surface area contributed by atoms with Gasteiger partial charge in [0, 0.05) is 15.5 Å². The summed E-state index contributed by atoms with van der Waals surface area (Å²) in [5, 5.41) is 4.84. The van der Waals surface area contributed by atoms with Crippen molar-refractivity contribution >= 4 is 43.5 Å².